The van der Waals surface area contributed by atoms with Crippen molar-refractivity contribution >= 4 is 29.4 Å². The summed E-state index contributed by atoms with van der Waals surface area (Å²) in [6.45, 7) is 5.59. The average Bonchev–Trinajstić information content (AvgIpc) is 2.54. The Hall–Kier alpha value is -1.69. The smallest absolute Gasteiger partial charge is 0.322 e. The molecule has 3 amide bonds. The van der Waals surface area contributed by atoms with E-state index in [0.717, 1.165) is 24.4 Å². The lowest BCUT2D eigenvalue weighted by Crippen LogP contribution is -2.56. The first-order valence-electron chi connectivity index (χ1n) is 8.62. The molecule has 2 atom stereocenters. The number of hydrogen-bond acceptors (Lipinski definition) is 3. The van der Waals surface area contributed by atoms with E-state index < -0.39 is 0 Å². The Kier molecular flexibility index (Phi) is 5.33. The molecule has 2 N–H and O–H groups in total. The number of nitrogens with one attached hydrogen (secondary N) is 2. The molecular formula is C18H25N3O2S. The lowest BCUT2D eigenvalue weighted by Gasteiger charge is -2.47. The molecule has 0 radical (unpaired) electrons. The number of rotatable bonds is 4. The lowest BCUT2D eigenvalue weighted by atomic mass is 9.90. The Morgan fingerprint density at radius 1 is 1.25 bits per heavy atom. The van der Waals surface area contributed by atoms with Crippen LogP contribution in [0.5, 0.6) is 0 Å². The van der Waals surface area contributed by atoms with Crippen molar-refractivity contribution in [3.05, 3.63) is 29.8 Å². The molecule has 3 rings (SSSR count). The van der Waals surface area contributed by atoms with Crippen LogP contribution in [0.1, 0.15) is 37.0 Å². The number of carbonyl (C=O) groups excluding carboxylic acids is 2. The molecule has 6 heteroatoms. The highest BCUT2D eigenvalue weighted by molar-refractivity contribution is 8.00. The molecule has 130 valence electrons. The van der Waals surface area contributed by atoms with Gasteiger partial charge in [-0.2, -0.15) is 11.8 Å². The molecule has 1 aromatic rings. The highest BCUT2D eigenvalue weighted by Gasteiger charge is 2.40. The van der Waals surface area contributed by atoms with Crippen LogP contribution in [0.4, 0.5) is 10.5 Å². The monoisotopic (exact) mass is 347 g/mol. The molecule has 1 saturated heterocycles. The van der Waals surface area contributed by atoms with Gasteiger partial charge >= 0.3 is 6.03 Å². The number of anilines is 1. The number of benzene rings is 1. The van der Waals surface area contributed by atoms with E-state index in [-0.39, 0.29) is 11.9 Å². The summed E-state index contributed by atoms with van der Waals surface area (Å²) in [5.74, 6) is 1.36. The Morgan fingerprint density at radius 2 is 2.00 bits per heavy atom. The zero-order valence-electron chi connectivity index (χ0n) is 14.2. The average molecular weight is 347 g/mol. The second-order valence-electron chi connectivity index (χ2n) is 6.86. The number of fused-ring (bicyclic) bond motifs is 1. The number of urea groups is 1. The molecule has 1 saturated carbocycles. The fourth-order valence-electron chi connectivity index (χ4n) is 3.02. The van der Waals surface area contributed by atoms with Crippen molar-refractivity contribution in [2.24, 2.45) is 5.92 Å². The van der Waals surface area contributed by atoms with Crippen LogP contribution in [0.25, 0.3) is 0 Å². The first-order chi connectivity index (χ1) is 11.5. The fraction of sp³-hybridized carbons (Fsp3) is 0.556. The first kappa shape index (κ1) is 17.1. The summed E-state index contributed by atoms with van der Waals surface area (Å²) in [5, 5.41) is 6.47. The minimum atomic E-state index is -0.0769. The van der Waals surface area contributed by atoms with E-state index >= 15 is 0 Å². The van der Waals surface area contributed by atoms with Gasteiger partial charge < -0.3 is 15.5 Å². The van der Waals surface area contributed by atoms with E-state index in [0.29, 0.717) is 29.3 Å². The number of nitrogens with zero attached hydrogens (tertiary/aromatic N) is 1. The van der Waals surface area contributed by atoms with Crippen LogP contribution >= 0.6 is 11.8 Å². The molecule has 5 nitrogen and oxygen atoms in total. The van der Waals surface area contributed by atoms with Crippen molar-refractivity contribution < 1.29 is 9.59 Å². The maximum Gasteiger partial charge on any atom is 0.322 e. The zero-order chi connectivity index (χ0) is 17.1. The predicted octanol–water partition coefficient (Wildman–Crippen LogP) is 3.18. The van der Waals surface area contributed by atoms with Crippen LogP contribution in [-0.4, -0.2) is 47.0 Å². The maximum absolute atomic E-state index is 12.5. The van der Waals surface area contributed by atoms with Crippen LogP contribution < -0.4 is 10.6 Å². The van der Waals surface area contributed by atoms with Gasteiger partial charge in [0.1, 0.15) is 0 Å². The third-order valence-electron chi connectivity index (χ3n) is 4.57. The van der Waals surface area contributed by atoms with Gasteiger partial charge in [-0.25, -0.2) is 4.79 Å². The standard InChI is InChI=1S/C18H25N3O2S/c1-12(2)11-19-17(22)13-3-5-14(6-4-13)20-18(23)21-9-10-24-16-8-7-15(16)21/h3-6,12,15-16H,7-11H2,1-2H3,(H,19,22)(H,20,23). The molecule has 1 aliphatic heterocycles. The molecule has 1 aliphatic carbocycles. The van der Waals surface area contributed by atoms with Gasteiger partial charge in [-0.3, -0.25) is 4.79 Å². The normalized spacial score (nSPS) is 22.5. The van der Waals surface area contributed by atoms with E-state index in [2.05, 4.69) is 24.5 Å². The second kappa shape index (κ2) is 7.47. The van der Waals surface area contributed by atoms with Gasteiger partial charge in [-0.1, -0.05) is 13.8 Å². The summed E-state index contributed by atoms with van der Waals surface area (Å²) >= 11 is 1.99. The largest absolute Gasteiger partial charge is 0.352 e. The fourth-order valence-corrected chi connectivity index (χ4v) is 4.44. The number of hydrogen-bond donors (Lipinski definition) is 2. The summed E-state index contributed by atoms with van der Waals surface area (Å²) in [5.41, 5.74) is 1.34. The Bertz CT molecular complexity index is 603. The van der Waals surface area contributed by atoms with Crippen LogP contribution in [0, 0.1) is 5.92 Å². The number of thioether (sulfide) groups is 1. The van der Waals surface area contributed by atoms with Gasteiger partial charge in [-0.15, -0.1) is 0 Å². The van der Waals surface area contributed by atoms with E-state index in [1.54, 1.807) is 24.3 Å². The summed E-state index contributed by atoms with van der Waals surface area (Å²) in [6.07, 6.45) is 2.33. The lowest BCUT2D eigenvalue weighted by molar-refractivity contribution is 0.0949. The molecule has 0 spiro atoms. The highest BCUT2D eigenvalue weighted by atomic mass is 32.2. The summed E-state index contributed by atoms with van der Waals surface area (Å²) < 4.78 is 0. The summed E-state index contributed by atoms with van der Waals surface area (Å²) in [7, 11) is 0. The molecule has 1 aromatic carbocycles. The van der Waals surface area contributed by atoms with Gasteiger partial charge in [0.2, 0.25) is 0 Å². The summed E-state index contributed by atoms with van der Waals surface area (Å²) in [6, 6.07) is 7.46. The number of amides is 3. The Balaban J connectivity index is 1.55. The van der Waals surface area contributed by atoms with E-state index in [9.17, 15) is 9.59 Å². The molecule has 24 heavy (non-hydrogen) atoms. The van der Waals surface area contributed by atoms with Crippen molar-refractivity contribution in [3.63, 3.8) is 0 Å². The topological polar surface area (TPSA) is 61.4 Å². The second-order valence-corrected chi connectivity index (χ2v) is 8.21. The highest BCUT2D eigenvalue weighted by Crippen LogP contribution is 2.39. The van der Waals surface area contributed by atoms with Gasteiger partial charge in [0.15, 0.2) is 0 Å². The Labute approximate surface area is 147 Å². The molecule has 1 heterocycles. The van der Waals surface area contributed by atoms with Crippen molar-refractivity contribution in [2.75, 3.05) is 24.2 Å². The van der Waals surface area contributed by atoms with E-state index in [1.807, 2.05) is 16.7 Å². The quantitative estimate of drug-likeness (QED) is 0.879. The SMILES string of the molecule is CC(C)CNC(=O)c1ccc(NC(=O)N2CCSC3CCC32)cc1. The van der Waals surface area contributed by atoms with Crippen LogP contribution in [-0.2, 0) is 0 Å². The molecule has 0 aromatic heterocycles. The van der Waals surface area contributed by atoms with Crippen molar-refractivity contribution in [3.8, 4) is 0 Å². The van der Waals surface area contributed by atoms with Crippen LogP contribution in [0.15, 0.2) is 24.3 Å². The molecule has 2 fully saturated rings. The van der Waals surface area contributed by atoms with Crippen LogP contribution in [0.2, 0.25) is 0 Å². The molecule has 2 aliphatic rings. The third kappa shape index (κ3) is 3.86. The summed E-state index contributed by atoms with van der Waals surface area (Å²) in [4.78, 5) is 26.5. The van der Waals surface area contributed by atoms with Gasteiger partial charge in [0.05, 0.1) is 0 Å². The van der Waals surface area contributed by atoms with E-state index in [1.165, 1.54) is 6.42 Å². The first-order valence-corrected chi connectivity index (χ1v) is 9.67. The number of carbonyl (C=O) groups is 2. The maximum atomic E-state index is 12.5. The van der Waals surface area contributed by atoms with Crippen molar-refractivity contribution in [2.45, 2.75) is 38.0 Å². The van der Waals surface area contributed by atoms with Crippen LogP contribution in [0.3, 0.4) is 0 Å². The predicted molar refractivity (Wildman–Crippen MR) is 98.6 cm³/mol. The molecule has 2 unspecified atom stereocenters. The Morgan fingerprint density at radius 3 is 2.62 bits per heavy atom. The van der Waals surface area contributed by atoms with E-state index in [4.69, 9.17) is 0 Å². The van der Waals surface area contributed by atoms with Crippen molar-refractivity contribution in [1.29, 1.82) is 0 Å². The van der Waals surface area contributed by atoms with Crippen molar-refractivity contribution in [1.82, 2.24) is 10.2 Å². The third-order valence-corrected chi connectivity index (χ3v) is 5.97. The van der Waals surface area contributed by atoms with Gasteiger partial charge in [-0.05, 0) is 43.0 Å². The minimum absolute atomic E-state index is 0.0259. The van der Waals surface area contributed by atoms with Gasteiger partial charge in [0, 0.05) is 41.4 Å². The molecular weight excluding hydrogens is 322 g/mol. The zero-order valence-corrected chi connectivity index (χ0v) is 15.1. The minimum Gasteiger partial charge on any atom is -0.352 e. The van der Waals surface area contributed by atoms with Gasteiger partial charge in [0.25, 0.3) is 5.91 Å². The molecule has 0 bridgehead atoms.